The second-order valence-corrected chi connectivity index (χ2v) is 5.46. The summed E-state index contributed by atoms with van der Waals surface area (Å²) in [5.74, 6) is 0.177. The number of hydrazine groups is 1. The van der Waals surface area contributed by atoms with Crippen LogP contribution in [0.2, 0.25) is 0 Å². The number of nitro groups is 1. The Morgan fingerprint density at radius 1 is 1.71 bits per heavy atom. The topological polar surface area (TPSA) is 164 Å². The van der Waals surface area contributed by atoms with Crippen LogP contribution in [-0.4, -0.2) is 52.1 Å². The molecule has 0 aromatic heterocycles. The summed E-state index contributed by atoms with van der Waals surface area (Å²) >= 11 is 1.41. The van der Waals surface area contributed by atoms with Crippen LogP contribution in [0.5, 0.6) is 0 Å². The summed E-state index contributed by atoms with van der Waals surface area (Å²) in [6.45, 7) is 0.747. The average molecular weight is 315 g/mol. The summed E-state index contributed by atoms with van der Waals surface area (Å²) in [4.78, 5) is 27.3. The Hall–Kier alpha value is -2.06. The molecule has 2 atom stereocenters. The highest BCUT2D eigenvalue weighted by atomic mass is 32.2. The maximum Gasteiger partial charge on any atom is 0.251 e. The first-order chi connectivity index (χ1) is 9.95. The third kappa shape index (κ3) is 5.44. The second kappa shape index (κ2) is 8.28. The van der Waals surface area contributed by atoms with E-state index in [9.17, 15) is 14.9 Å². The van der Waals surface area contributed by atoms with Crippen LogP contribution in [-0.2, 0) is 4.79 Å². The fraction of sp³-hybridized carbons (Fsp3) is 0.700. The first-order valence-corrected chi connectivity index (χ1v) is 7.29. The van der Waals surface area contributed by atoms with E-state index >= 15 is 0 Å². The van der Waals surface area contributed by atoms with Gasteiger partial charge in [0.05, 0.1) is 12.1 Å². The van der Waals surface area contributed by atoms with Gasteiger partial charge in [-0.15, -0.1) is 11.8 Å². The molecule has 0 aromatic carbocycles. The molecule has 1 fully saturated rings. The van der Waals surface area contributed by atoms with Crippen LogP contribution in [0.15, 0.2) is 4.99 Å². The van der Waals surface area contributed by atoms with E-state index in [1.54, 1.807) is 5.43 Å². The molecule has 1 heterocycles. The molecule has 0 bridgehead atoms. The van der Waals surface area contributed by atoms with Crippen LogP contribution in [0, 0.1) is 21.4 Å². The van der Waals surface area contributed by atoms with E-state index in [2.05, 4.69) is 11.1 Å². The fourth-order valence-corrected chi connectivity index (χ4v) is 2.77. The Morgan fingerprint density at radius 3 is 3.05 bits per heavy atom. The standard InChI is InChI=1S/C10H17N7O3S/c11-6-8-16(4-5-21-8)9(18)7(12)2-1-3-14-10(13)15-17(19)20/h7-8H,1-5,12H2,(H3,13,14,15). The van der Waals surface area contributed by atoms with Gasteiger partial charge in [-0.2, -0.15) is 5.26 Å². The maximum absolute atomic E-state index is 12.1. The molecule has 0 saturated carbocycles. The number of carbonyl (C=O) groups excluding carboxylic acids is 1. The van der Waals surface area contributed by atoms with Crippen LogP contribution in [0.3, 0.4) is 0 Å². The highest BCUT2D eigenvalue weighted by Gasteiger charge is 2.31. The third-order valence-electron chi connectivity index (χ3n) is 2.76. The minimum atomic E-state index is -0.804. The zero-order chi connectivity index (χ0) is 15.8. The van der Waals surface area contributed by atoms with E-state index in [1.807, 2.05) is 0 Å². The number of nitrogens with zero attached hydrogens (tertiary/aromatic N) is 4. The smallest absolute Gasteiger partial charge is 0.251 e. The van der Waals surface area contributed by atoms with Crippen molar-refractivity contribution < 1.29 is 9.83 Å². The number of thioether (sulfide) groups is 1. The number of hydrogen-bond acceptors (Lipinski definition) is 7. The largest absolute Gasteiger partial charge is 0.365 e. The van der Waals surface area contributed by atoms with Gasteiger partial charge in [-0.25, -0.2) is 15.1 Å². The molecule has 1 aliphatic rings. The molecule has 2 unspecified atom stereocenters. The molecule has 0 aromatic rings. The van der Waals surface area contributed by atoms with Crippen molar-refractivity contribution >= 4 is 23.6 Å². The van der Waals surface area contributed by atoms with Crippen LogP contribution in [0.25, 0.3) is 0 Å². The van der Waals surface area contributed by atoms with Gasteiger partial charge in [-0.3, -0.25) is 4.79 Å². The number of amides is 1. The van der Waals surface area contributed by atoms with Crippen molar-refractivity contribution in [2.24, 2.45) is 16.5 Å². The number of rotatable bonds is 6. The van der Waals surface area contributed by atoms with E-state index in [1.165, 1.54) is 16.7 Å². The van der Waals surface area contributed by atoms with Crippen LogP contribution >= 0.6 is 11.8 Å². The highest BCUT2D eigenvalue weighted by molar-refractivity contribution is 8.00. The number of carbonyl (C=O) groups is 1. The molecule has 0 spiro atoms. The first kappa shape index (κ1) is 17.0. The molecule has 10 nitrogen and oxygen atoms in total. The molecule has 1 saturated heterocycles. The zero-order valence-corrected chi connectivity index (χ0v) is 12.1. The summed E-state index contributed by atoms with van der Waals surface area (Å²) in [6.07, 6.45) is 0.832. The van der Waals surface area contributed by atoms with Gasteiger partial charge in [-0.05, 0) is 12.8 Å². The van der Waals surface area contributed by atoms with Crippen molar-refractivity contribution in [3.63, 3.8) is 0 Å². The van der Waals surface area contributed by atoms with Crippen LogP contribution < -0.4 is 16.9 Å². The molecular formula is C10H17N7O3S. The summed E-state index contributed by atoms with van der Waals surface area (Å²) < 4.78 is 0. The molecular weight excluding hydrogens is 298 g/mol. The predicted molar refractivity (Wildman–Crippen MR) is 77.4 cm³/mol. The third-order valence-corrected chi connectivity index (χ3v) is 3.86. The molecule has 21 heavy (non-hydrogen) atoms. The van der Waals surface area contributed by atoms with Crippen molar-refractivity contribution in [2.75, 3.05) is 18.8 Å². The molecule has 0 radical (unpaired) electrons. The van der Waals surface area contributed by atoms with Crippen molar-refractivity contribution in [1.29, 1.82) is 5.26 Å². The van der Waals surface area contributed by atoms with E-state index in [4.69, 9.17) is 16.7 Å². The Morgan fingerprint density at radius 2 is 2.43 bits per heavy atom. The van der Waals surface area contributed by atoms with Crippen molar-refractivity contribution in [2.45, 2.75) is 24.3 Å². The first-order valence-electron chi connectivity index (χ1n) is 6.24. The normalized spacial score (nSPS) is 19.9. The highest BCUT2D eigenvalue weighted by Crippen LogP contribution is 2.23. The van der Waals surface area contributed by atoms with Gasteiger partial charge in [-0.1, -0.05) is 5.43 Å². The molecule has 0 aliphatic carbocycles. The number of aliphatic imine (C=N–C) groups is 1. The molecule has 5 N–H and O–H groups in total. The van der Waals surface area contributed by atoms with Crippen LogP contribution in [0.4, 0.5) is 0 Å². The zero-order valence-electron chi connectivity index (χ0n) is 11.3. The molecule has 11 heteroatoms. The number of guanidine groups is 1. The Bertz CT molecular complexity index is 464. The maximum atomic E-state index is 12.1. The number of nitrogens with two attached hydrogens (primary N) is 2. The average Bonchev–Trinajstić information content (AvgIpc) is 2.90. The van der Waals surface area contributed by atoms with Crippen molar-refractivity contribution in [1.82, 2.24) is 10.3 Å². The molecule has 1 rings (SSSR count). The lowest BCUT2D eigenvalue weighted by atomic mass is 10.1. The number of nitriles is 1. The lowest BCUT2D eigenvalue weighted by Crippen LogP contribution is -2.45. The van der Waals surface area contributed by atoms with E-state index in [0.29, 0.717) is 19.4 Å². The second-order valence-electron chi connectivity index (χ2n) is 4.27. The summed E-state index contributed by atoms with van der Waals surface area (Å²) in [5, 5.41) is 17.7. The van der Waals surface area contributed by atoms with Gasteiger partial charge in [0.25, 0.3) is 5.96 Å². The Balaban J connectivity index is 2.34. The van der Waals surface area contributed by atoms with Gasteiger partial charge < -0.3 is 16.4 Å². The minimum Gasteiger partial charge on any atom is -0.365 e. The predicted octanol–water partition coefficient (Wildman–Crippen LogP) is -1.39. The number of hydrogen-bond donors (Lipinski definition) is 3. The van der Waals surface area contributed by atoms with Gasteiger partial charge in [0.15, 0.2) is 10.4 Å². The molecule has 1 amide bonds. The molecule has 1 aliphatic heterocycles. The van der Waals surface area contributed by atoms with Gasteiger partial charge >= 0.3 is 0 Å². The van der Waals surface area contributed by atoms with E-state index in [-0.39, 0.29) is 18.4 Å². The van der Waals surface area contributed by atoms with Gasteiger partial charge in [0, 0.05) is 18.8 Å². The summed E-state index contributed by atoms with van der Waals surface area (Å²) in [5.41, 5.74) is 12.8. The fourth-order valence-electron chi connectivity index (χ4n) is 1.78. The molecule has 116 valence electrons. The lowest BCUT2D eigenvalue weighted by molar-refractivity contribution is -0.525. The summed E-state index contributed by atoms with van der Waals surface area (Å²) in [7, 11) is 0. The van der Waals surface area contributed by atoms with Crippen molar-refractivity contribution in [3.05, 3.63) is 10.1 Å². The van der Waals surface area contributed by atoms with E-state index < -0.39 is 16.4 Å². The Kier molecular flexibility index (Phi) is 6.70. The SMILES string of the molecule is N#CC1SCCN1C(=O)C(N)CCCN=C(N)N[N+](=O)[O-]. The minimum absolute atomic E-state index is 0.226. The van der Waals surface area contributed by atoms with E-state index in [0.717, 1.165) is 5.75 Å². The van der Waals surface area contributed by atoms with Gasteiger partial charge in [0.1, 0.15) is 0 Å². The Labute approximate surface area is 125 Å². The monoisotopic (exact) mass is 315 g/mol. The number of nitrogens with one attached hydrogen (secondary N) is 1. The lowest BCUT2D eigenvalue weighted by Gasteiger charge is -2.22. The van der Waals surface area contributed by atoms with Crippen LogP contribution in [0.1, 0.15) is 12.8 Å². The van der Waals surface area contributed by atoms with Gasteiger partial charge in [0.2, 0.25) is 5.91 Å². The quantitative estimate of drug-likeness (QED) is 0.177. The van der Waals surface area contributed by atoms with Crippen molar-refractivity contribution in [3.8, 4) is 6.07 Å². The summed E-state index contributed by atoms with van der Waals surface area (Å²) in [6, 6.07) is 1.34.